The van der Waals surface area contributed by atoms with Crippen LogP contribution in [0.4, 0.5) is 11.4 Å². The molecular formula is C26H37N5O. The summed E-state index contributed by atoms with van der Waals surface area (Å²) in [7, 11) is 0. The maximum absolute atomic E-state index is 5.45. The van der Waals surface area contributed by atoms with Gasteiger partial charge in [-0.3, -0.25) is 0 Å². The zero-order valence-electron chi connectivity index (χ0n) is 19.5. The van der Waals surface area contributed by atoms with E-state index in [2.05, 4.69) is 82.8 Å². The molecule has 2 saturated heterocycles. The topological polar surface area (TPSA) is 52.1 Å². The van der Waals surface area contributed by atoms with E-state index in [1.54, 1.807) is 0 Å². The predicted molar refractivity (Wildman–Crippen MR) is 134 cm³/mol. The Morgan fingerprint density at radius 2 is 1.69 bits per heavy atom. The second-order valence-electron chi connectivity index (χ2n) is 8.62. The van der Waals surface area contributed by atoms with Gasteiger partial charge in [0.05, 0.1) is 25.8 Å². The van der Waals surface area contributed by atoms with E-state index in [9.17, 15) is 0 Å². The first-order valence-electron chi connectivity index (χ1n) is 12.0. The number of hydrogen-bond acceptors (Lipinski definition) is 4. The quantitative estimate of drug-likeness (QED) is 0.510. The van der Waals surface area contributed by atoms with Crippen LogP contribution in [0.25, 0.3) is 0 Å². The minimum atomic E-state index is 0.180. The second kappa shape index (κ2) is 11.2. The number of benzene rings is 2. The molecule has 0 bridgehead atoms. The first-order chi connectivity index (χ1) is 15.7. The van der Waals surface area contributed by atoms with Crippen LogP contribution in [0.15, 0.2) is 53.5 Å². The van der Waals surface area contributed by atoms with E-state index in [0.717, 1.165) is 38.8 Å². The van der Waals surface area contributed by atoms with E-state index in [-0.39, 0.29) is 6.04 Å². The van der Waals surface area contributed by atoms with Gasteiger partial charge in [0.1, 0.15) is 0 Å². The molecular weight excluding hydrogens is 398 g/mol. The first-order valence-corrected chi connectivity index (χ1v) is 12.0. The fourth-order valence-electron chi connectivity index (χ4n) is 4.38. The Kier molecular flexibility index (Phi) is 7.88. The summed E-state index contributed by atoms with van der Waals surface area (Å²) < 4.78 is 5.45. The molecule has 6 heteroatoms. The lowest BCUT2D eigenvalue weighted by Gasteiger charge is -2.28. The number of morpholine rings is 1. The van der Waals surface area contributed by atoms with Gasteiger partial charge in [-0.1, -0.05) is 24.3 Å². The molecule has 2 aliphatic rings. The van der Waals surface area contributed by atoms with Gasteiger partial charge in [-0.05, 0) is 62.1 Å². The number of guanidine groups is 1. The molecule has 2 heterocycles. The molecule has 0 saturated carbocycles. The Morgan fingerprint density at radius 3 is 2.41 bits per heavy atom. The Bertz CT molecular complexity index is 870. The van der Waals surface area contributed by atoms with Crippen LogP contribution in [-0.4, -0.2) is 51.9 Å². The summed E-state index contributed by atoms with van der Waals surface area (Å²) >= 11 is 0. The van der Waals surface area contributed by atoms with E-state index in [4.69, 9.17) is 9.73 Å². The molecule has 0 spiro atoms. The van der Waals surface area contributed by atoms with Crippen LogP contribution >= 0.6 is 0 Å². The molecule has 0 radical (unpaired) electrons. The predicted octanol–water partition coefficient (Wildman–Crippen LogP) is 3.94. The van der Waals surface area contributed by atoms with Gasteiger partial charge in [0, 0.05) is 44.1 Å². The fraction of sp³-hybridized carbons (Fsp3) is 0.500. The summed E-state index contributed by atoms with van der Waals surface area (Å²) in [4.78, 5) is 9.70. The van der Waals surface area contributed by atoms with Crippen molar-refractivity contribution in [3.05, 3.63) is 59.7 Å². The van der Waals surface area contributed by atoms with Crippen molar-refractivity contribution in [3.63, 3.8) is 0 Å². The lowest BCUT2D eigenvalue weighted by atomic mass is 10.1. The van der Waals surface area contributed by atoms with Crippen LogP contribution in [0.3, 0.4) is 0 Å². The Balaban J connectivity index is 1.38. The highest BCUT2D eigenvalue weighted by Crippen LogP contribution is 2.24. The molecule has 1 unspecified atom stereocenters. The number of hydrogen-bond donors (Lipinski definition) is 2. The number of nitrogens with one attached hydrogen (secondary N) is 2. The van der Waals surface area contributed by atoms with Gasteiger partial charge in [0.15, 0.2) is 5.96 Å². The van der Waals surface area contributed by atoms with Crippen molar-refractivity contribution in [2.24, 2.45) is 4.99 Å². The van der Waals surface area contributed by atoms with Gasteiger partial charge in [-0.15, -0.1) is 0 Å². The molecule has 6 nitrogen and oxygen atoms in total. The molecule has 172 valence electrons. The molecule has 1 atom stereocenters. The third-order valence-corrected chi connectivity index (χ3v) is 6.27. The number of nitrogens with zero attached hydrogens (tertiary/aromatic N) is 3. The fourth-order valence-corrected chi connectivity index (χ4v) is 4.38. The second-order valence-corrected chi connectivity index (χ2v) is 8.62. The SMILES string of the molecule is CCNC(=NCc1ccc(N2CCOCC2)cc1)NC(C)c1cccc(N2CCCC2)c1. The Hall–Kier alpha value is -2.73. The molecule has 2 aliphatic heterocycles. The van der Waals surface area contributed by atoms with E-state index in [1.807, 2.05) is 0 Å². The summed E-state index contributed by atoms with van der Waals surface area (Å²) in [6.45, 7) is 11.7. The molecule has 32 heavy (non-hydrogen) atoms. The van der Waals surface area contributed by atoms with Crippen molar-refractivity contribution >= 4 is 17.3 Å². The molecule has 2 fully saturated rings. The van der Waals surface area contributed by atoms with Crippen molar-refractivity contribution < 1.29 is 4.74 Å². The summed E-state index contributed by atoms with van der Waals surface area (Å²) in [5.41, 5.74) is 5.09. The Morgan fingerprint density at radius 1 is 0.969 bits per heavy atom. The minimum Gasteiger partial charge on any atom is -0.378 e. The summed E-state index contributed by atoms with van der Waals surface area (Å²) in [6.07, 6.45) is 2.59. The first kappa shape index (κ1) is 22.5. The van der Waals surface area contributed by atoms with Crippen molar-refractivity contribution in [2.75, 3.05) is 55.7 Å². The zero-order chi connectivity index (χ0) is 22.2. The van der Waals surface area contributed by atoms with Crippen LogP contribution < -0.4 is 20.4 Å². The van der Waals surface area contributed by atoms with E-state index in [1.165, 1.54) is 48.4 Å². The lowest BCUT2D eigenvalue weighted by molar-refractivity contribution is 0.122. The standard InChI is InChI=1S/C26H37N5O/c1-3-27-26(28-20-22-9-11-24(12-10-22)31-15-17-32-18-16-31)29-21(2)23-7-6-8-25(19-23)30-13-4-5-14-30/h6-12,19,21H,3-5,13-18,20H2,1-2H3,(H2,27,28,29). The van der Waals surface area contributed by atoms with Crippen molar-refractivity contribution in [1.29, 1.82) is 0 Å². The molecule has 2 aromatic carbocycles. The van der Waals surface area contributed by atoms with E-state index >= 15 is 0 Å². The van der Waals surface area contributed by atoms with Gasteiger partial charge in [0.25, 0.3) is 0 Å². The molecule has 0 amide bonds. The largest absolute Gasteiger partial charge is 0.378 e. The maximum atomic E-state index is 5.45. The van der Waals surface area contributed by atoms with Crippen molar-refractivity contribution in [3.8, 4) is 0 Å². The van der Waals surface area contributed by atoms with E-state index < -0.39 is 0 Å². The zero-order valence-corrected chi connectivity index (χ0v) is 19.5. The molecule has 2 aromatic rings. The highest BCUT2D eigenvalue weighted by Gasteiger charge is 2.15. The van der Waals surface area contributed by atoms with Gasteiger partial charge in [-0.2, -0.15) is 0 Å². The van der Waals surface area contributed by atoms with Gasteiger partial charge in [-0.25, -0.2) is 4.99 Å². The Labute approximate surface area is 192 Å². The molecule has 2 N–H and O–H groups in total. The average molecular weight is 436 g/mol. The van der Waals surface area contributed by atoms with Crippen molar-refractivity contribution in [1.82, 2.24) is 10.6 Å². The van der Waals surface area contributed by atoms with Crippen LogP contribution in [0.2, 0.25) is 0 Å². The molecule has 0 aromatic heterocycles. The number of rotatable bonds is 7. The van der Waals surface area contributed by atoms with Crippen molar-refractivity contribution in [2.45, 2.75) is 39.3 Å². The smallest absolute Gasteiger partial charge is 0.192 e. The lowest BCUT2D eigenvalue weighted by Crippen LogP contribution is -2.38. The summed E-state index contributed by atoms with van der Waals surface area (Å²) in [5.74, 6) is 0.851. The monoisotopic (exact) mass is 435 g/mol. The molecule has 4 rings (SSSR count). The molecule has 0 aliphatic carbocycles. The third-order valence-electron chi connectivity index (χ3n) is 6.27. The van der Waals surface area contributed by atoms with Gasteiger partial charge < -0.3 is 25.2 Å². The normalized spacial score (nSPS) is 18.0. The van der Waals surface area contributed by atoms with E-state index in [0.29, 0.717) is 6.54 Å². The van der Waals surface area contributed by atoms with Crippen LogP contribution in [-0.2, 0) is 11.3 Å². The third kappa shape index (κ3) is 5.94. The highest BCUT2D eigenvalue weighted by atomic mass is 16.5. The maximum Gasteiger partial charge on any atom is 0.192 e. The number of anilines is 2. The number of ether oxygens (including phenoxy) is 1. The highest BCUT2D eigenvalue weighted by molar-refractivity contribution is 5.80. The van der Waals surface area contributed by atoms with Gasteiger partial charge in [0.2, 0.25) is 0 Å². The van der Waals surface area contributed by atoms with Gasteiger partial charge >= 0.3 is 0 Å². The summed E-state index contributed by atoms with van der Waals surface area (Å²) in [5, 5.41) is 6.98. The minimum absolute atomic E-state index is 0.180. The van der Waals surface area contributed by atoms with Crippen LogP contribution in [0, 0.1) is 0 Å². The average Bonchev–Trinajstić information content (AvgIpc) is 3.39. The number of aliphatic imine (C=N–C) groups is 1. The van der Waals surface area contributed by atoms with Crippen LogP contribution in [0.5, 0.6) is 0 Å². The summed E-state index contributed by atoms with van der Waals surface area (Å²) in [6, 6.07) is 17.8. The van der Waals surface area contributed by atoms with Crippen LogP contribution in [0.1, 0.15) is 43.9 Å².